The summed E-state index contributed by atoms with van der Waals surface area (Å²) in [5.41, 5.74) is 2.66. The number of methoxy groups -OCH3 is 2. The summed E-state index contributed by atoms with van der Waals surface area (Å²) in [6, 6.07) is 16.9. The van der Waals surface area contributed by atoms with Gasteiger partial charge in [0.05, 0.1) is 42.7 Å². The molecule has 0 radical (unpaired) electrons. The van der Waals surface area contributed by atoms with Gasteiger partial charge in [0, 0.05) is 5.56 Å². The van der Waals surface area contributed by atoms with E-state index in [4.69, 9.17) is 14.2 Å². The van der Waals surface area contributed by atoms with Gasteiger partial charge >= 0.3 is 5.91 Å². The fourth-order valence-electron chi connectivity index (χ4n) is 4.63. The van der Waals surface area contributed by atoms with Gasteiger partial charge in [-0.3, -0.25) is 14.5 Å². The van der Waals surface area contributed by atoms with Crippen molar-refractivity contribution in [3.63, 3.8) is 0 Å². The number of aryl methyl sites for hydroxylation is 1. The number of carbonyl (C=O) groups is 2. The van der Waals surface area contributed by atoms with Crippen LogP contribution in [0.15, 0.2) is 66.2 Å². The number of hydrogen-bond acceptors (Lipinski definition) is 8. The summed E-state index contributed by atoms with van der Waals surface area (Å²) in [6.07, 6.45) is 1.88. The van der Waals surface area contributed by atoms with E-state index in [0.717, 1.165) is 23.1 Å². The van der Waals surface area contributed by atoms with Crippen molar-refractivity contribution in [2.75, 3.05) is 25.7 Å². The molecule has 1 aromatic heterocycles. The Morgan fingerprint density at radius 2 is 1.77 bits per heavy atom. The lowest BCUT2D eigenvalue weighted by molar-refractivity contribution is -0.132. The van der Waals surface area contributed by atoms with Gasteiger partial charge in [-0.15, -0.1) is 0 Å². The van der Waals surface area contributed by atoms with Gasteiger partial charge in [0.2, 0.25) is 0 Å². The Bertz CT molecular complexity index is 1610. The molecule has 2 heterocycles. The van der Waals surface area contributed by atoms with Crippen LogP contribution in [0.5, 0.6) is 17.2 Å². The number of aliphatic hydroxyl groups excluding tert-OH is 1. The van der Waals surface area contributed by atoms with E-state index in [2.05, 4.69) is 11.9 Å². The summed E-state index contributed by atoms with van der Waals surface area (Å²) in [7, 11) is 3.12. The van der Waals surface area contributed by atoms with Crippen LogP contribution < -0.4 is 19.1 Å². The first kappa shape index (κ1) is 27.2. The molecular formula is C31H30N2O6S. The number of aliphatic hydroxyl groups is 1. The van der Waals surface area contributed by atoms with Crippen LogP contribution in [0.4, 0.5) is 5.13 Å². The molecule has 4 aromatic rings. The van der Waals surface area contributed by atoms with Crippen LogP contribution in [-0.2, 0) is 9.59 Å². The maximum Gasteiger partial charge on any atom is 0.301 e. The molecule has 1 fully saturated rings. The minimum atomic E-state index is -0.942. The molecule has 5 rings (SSSR count). The number of anilines is 1. The number of carbonyl (C=O) groups excluding carboxylic acids is 2. The van der Waals surface area contributed by atoms with E-state index in [1.165, 1.54) is 23.3 Å². The Morgan fingerprint density at radius 3 is 2.48 bits per heavy atom. The van der Waals surface area contributed by atoms with Gasteiger partial charge in [-0.05, 0) is 49.2 Å². The molecule has 8 nitrogen and oxygen atoms in total. The first-order valence-electron chi connectivity index (χ1n) is 13.0. The molecular weight excluding hydrogens is 528 g/mol. The lowest BCUT2D eigenvalue weighted by Gasteiger charge is -2.24. The first-order valence-corrected chi connectivity index (χ1v) is 13.8. The van der Waals surface area contributed by atoms with E-state index in [1.54, 1.807) is 49.6 Å². The number of benzene rings is 3. The highest BCUT2D eigenvalue weighted by molar-refractivity contribution is 7.22. The maximum atomic E-state index is 13.6. The summed E-state index contributed by atoms with van der Waals surface area (Å²) < 4.78 is 17.7. The smallest absolute Gasteiger partial charge is 0.301 e. The van der Waals surface area contributed by atoms with E-state index < -0.39 is 17.7 Å². The van der Waals surface area contributed by atoms with Crippen LogP contribution in [0.2, 0.25) is 0 Å². The van der Waals surface area contributed by atoms with Crippen LogP contribution in [0.25, 0.3) is 16.0 Å². The van der Waals surface area contributed by atoms with Gasteiger partial charge < -0.3 is 19.3 Å². The number of fused-ring (bicyclic) bond motifs is 1. The van der Waals surface area contributed by atoms with E-state index in [9.17, 15) is 14.7 Å². The molecule has 206 valence electrons. The SMILES string of the molecule is CCCCOc1ccc(C2C(=C(O)c3ccc(C)cc3)C(=O)C(=O)N2c2nc3ccc(OC)cc3s2)cc1OC. The summed E-state index contributed by atoms with van der Waals surface area (Å²) in [4.78, 5) is 33.2. The van der Waals surface area contributed by atoms with Crippen molar-refractivity contribution >= 4 is 44.1 Å². The highest BCUT2D eigenvalue weighted by Gasteiger charge is 2.48. The minimum Gasteiger partial charge on any atom is -0.507 e. The van der Waals surface area contributed by atoms with Crippen LogP contribution in [-0.4, -0.2) is 42.6 Å². The number of ether oxygens (including phenoxy) is 3. The van der Waals surface area contributed by atoms with Gasteiger partial charge in [0.15, 0.2) is 16.6 Å². The number of hydrogen-bond donors (Lipinski definition) is 1. The predicted octanol–water partition coefficient (Wildman–Crippen LogP) is 6.43. The van der Waals surface area contributed by atoms with Crippen LogP contribution in [0.1, 0.15) is 42.5 Å². The van der Waals surface area contributed by atoms with Crippen LogP contribution >= 0.6 is 11.3 Å². The van der Waals surface area contributed by atoms with Gasteiger partial charge in [0.1, 0.15) is 11.5 Å². The zero-order chi connectivity index (χ0) is 28.4. The molecule has 0 bridgehead atoms. The summed E-state index contributed by atoms with van der Waals surface area (Å²) in [5.74, 6) is -0.139. The number of rotatable bonds is 9. The van der Waals surface area contributed by atoms with Crippen molar-refractivity contribution in [1.82, 2.24) is 4.98 Å². The molecule has 40 heavy (non-hydrogen) atoms. The average Bonchev–Trinajstić information content (AvgIpc) is 3.50. The van der Waals surface area contributed by atoms with Crippen molar-refractivity contribution in [2.24, 2.45) is 0 Å². The molecule has 1 aliphatic heterocycles. The Balaban J connectivity index is 1.68. The Kier molecular flexibility index (Phi) is 7.75. The molecule has 1 saturated heterocycles. The lowest BCUT2D eigenvalue weighted by Crippen LogP contribution is -2.29. The first-order chi connectivity index (χ1) is 19.4. The molecule has 0 spiro atoms. The topological polar surface area (TPSA) is 98.2 Å². The minimum absolute atomic E-state index is 0.0209. The Labute approximate surface area is 236 Å². The third-order valence-electron chi connectivity index (χ3n) is 6.82. The normalized spacial score (nSPS) is 16.5. The second-order valence-corrected chi connectivity index (χ2v) is 10.5. The fourth-order valence-corrected chi connectivity index (χ4v) is 5.66. The molecule has 1 unspecified atom stereocenters. The van der Waals surface area contributed by atoms with E-state index in [-0.39, 0.29) is 11.3 Å². The Morgan fingerprint density at radius 1 is 1.00 bits per heavy atom. The lowest BCUT2D eigenvalue weighted by atomic mass is 9.95. The third kappa shape index (κ3) is 5.00. The quantitative estimate of drug-likeness (QED) is 0.109. The fraction of sp³-hybridized carbons (Fsp3) is 0.258. The van der Waals surface area contributed by atoms with Crippen molar-refractivity contribution in [1.29, 1.82) is 0 Å². The number of ketones is 1. The number of amides is 1. The zero-order valence-electron chi connectivity index (χ0n) is 22.8. The molecule has 1 atom stereocenters. The zero-order valence-corrected chi connectivity index (χ0v) is 23.6. The summed E-state index contributed by atoms with van der Waals surface area (Å²) in [6.45, 7) is 4.55. The number of Topliss-reactive ketones (excluding diaryl/α,β-unsaturated/α-hetero) is 1. The van der Waals surface area contributed by atoms with Crippen molar-refractivity contribution in [3.05, 3.63) is 82.9 Å². The van der Waals surface area contributed by atoms with Gasteiger partial charge in [-0.2, -0.15) is 0 Å². The van der Waals surface area contributed by atoms with Gasteiger partial charge in [-0.1, -0.05) is 60.6 Å². The van der Waals surface area contributed by atoms with Crippen LogP contribution in [0, 0.1) is 6.92 Å². The van der Waals surface area contributed by atoms with Gasteiger partial charge in [0.25, 0.3) is 5.78 Å². The number of nitrogens with zero attached hydrogens (tertiary/aromatic N) is 2. The molecule has 9 heteroatoms. The number of aromatic nitrogens is 1. The van der Waals surface area contributed by atoms with Crippen molar-refractivity contribution in [2.45, 2.75) is 32.7 Å². The van der Waals surface area contributed by atoms with Crippen molar-refractivity contribution in [3.8, 4) is 17.2 Å². The summed E-state index contributed by atoms with van der Waals surface area (Å²) >= 11 is 1.27. The average molecular weight is 559 g/mol. The second-order valence-electron chi connectivity index (χ2n) is 9.48. The molecule has 3 aromatic carbocycles. The monoisotopic (exact) mass is 558 g/mol. The van der Waals surface area contributed by atoms with E-state index >= 15 is 0 Å². The van der Waals surface area contributed by atoms with E-state index in [0.29, 0.717) is 45.6 Å². The third-order valence-corrected chi connectivity index (χ3v) is 7.84. The standard InChI is InChI=1S/C31H30N2O6S/c1-5-6-15-39-23-14-11-20(16-24(23)38-4)27-26(28(34)19-9-7-18(2)8-10-19)29(35)30(36)33(27)31-32-22-13-12-21(37-3)17-25(22)40-31/h7-14,16-17,27,34H,5-6,15H2,1-4H3. The highest BCUT2D eigenvalue weighted by atomic mass is 32.1. The van der Waals surface area contributed by atoms with Crippen molar-refractivity contribution < 1.29 is 28.9 Å². The molecule has 1 amide bonds. The number of unbranched alkanes of at least 4 members (excludes halogenated alkanes) is 1. The highest BCUT2D eigenvalue weighted by Crippen LogP contribution is 2.46. The van der Waals surface area contributed by atoms with Gasteiger partial charge in [-0.25, -0.2) is 4.98 Å². The maximum absolute atomic E-state index is 13.6. The van der Waals surface area contributed by atoms with Crippen LogP contribution in [0.3, 0.4) is 0 Å². The number of thiazole rings is 1. The Hall–Kier alpha value is -4.37. The largest absolute Gasteiger partial charge is 0.507 e. The second kappa shape index (κ2) is 11.4. The predicted molar refractivity (Wildman–Crippen MR) is 156 cm³/mol. The molecule has 0 aliphatic carbocycles. The summed E-state index contributed by atoms with van der Waals surface area (Å²) in [5, 5.41) is 11.8. The molecule has 1 aliphatic rings. The van der Waals surface area contributed by atoms with E-state index in [1.807, 2.05) is 25.1 Å². The molecule has 1 N–H and O–H groups in total. The molecule has 0 saturated carbocycles.